The van der Waals surface area contributed by atoms with Gasteiger partial charge in [-0.1, -0.05) is 12.1 Å². The fourth-order valence-electron chi connectivity index (χ4n) is 1.79. The number of nitro groups is 1. The number of aliphatic hydroxyl groups is 1. The maximum atomic E-state index is 12.0. The van der Waals surface area contributed by atoms with Crippen molar-refractivity contribution in [2.75, 3.05) is 19.7 Å². The highest BCUT2D eigenvalue weighted by Crippen LogP contribution is 2.14. The molecule has 0 aliphatic rings. The number of nitro benzene ring substituents is 1. The number of likely N-dealkylation sites (N-methyl/N-ethyl adjacent to an activating group) is 1. The zero-order chi connectivity index (χ0) is 14.3. The average molecular weight is 266 g/mol. The molecule has 0 saturated carbocycles. The van der Waals surface area contributed by atoms with Gasteiger partial charge in [0.05, 0.1) is 11.3 Å². The summed E-state index contributed by atoms with van der Waals surface area (Å²) in [6, 6.07) is 6.09. The average Bonchev–Trinajstić information content (AvgIpc) is 2.40. The molecule has 6 nitrogen and oxygen atoms in total. The SMILES string of the molecule is CCN(CCCO)C(=O)Cc1cccc([N+](=O)[O-])c1. The van der Waals surface area contributed by atoms with Crippen LogP contribution in [0.3, 0.4) is 0 Å². The second-order valence-electron chi connectivity index (χ2n) is 4.15. The molecular weight excluding hydrogens is 248 g/mol. The zero-order valence-electron chi connectivity index (χ0n) is 10.9. The van der Waals surface area contributed by atoms with Crippen LogP contribution in [0.2, 0.25) is 0 Å². The van der Waals surface area contributed by atoms with Crippen molar-refractivity contribution >= 4 is 11.6 Å². The van der Waals surface area contributed by atoms with E-state index in [1.807, 2.05) is 6.92 Å². The fourth-order valence-corrected chi connectivity index (χ4v) is 1.79. The summed E-state index contributed by atoms with van der Waals surface area (Å²) >= 11 is 0. The van der Waals surface area contributed by atoms with Crippen LogP contribution >= 0.6 is 0 Å². The highest BCUT2D eigenvalue weighted by atomic mass is 16.6. The predicted molar refractivity (Wildman–Crippen MR) is 70.8 cm³/mol. The van der Waals surface area contributed by atoms with Crippen molar-refractivity contribution in [1.29, 1.82) is 0 Å². The molecule has 0 bridgehead atoms. The minimum Gasteiger partial charge on any atom is -0.396 e. The van der Waals surface area contributed by atoms with Crippen LogP contribution in [0.25, 0.3) is 0 Å². The van der Waals surface area contributed by atoms with E-state index in [1.54, 1.807) is 17.0 Å². The van der Waals surface area contributed by atoms with Gasteiger partial charge in [0.25, 0.3) is 5.69 Å². The van der Waals surface area contributed by atoms with E-state index >= 15 is 0 Å². The third-order valence-corrected chi connectivity index (χ3v) is 2.80. The summed E-state index contributed by atoms with van der Waals surface area (Å²) in [4.78, 5) is 23.8. The molecule has 1 aromatic rings. The molecule has 1 aromatic carbocycles. The van der Waals surface area contributed by atoms with Gasteiger partial charge in [-0.05, 0) is 18.9 Å². The molecule has 0 fully saturated rings. The van der Waals surface area contributed by atoms with Gasteiger partial charge in [-0.25, -0.2) is 0 Å². The Bertz CT molecular complexity index is 448. The van der Waals surface area contributed by atoms with Crippen LogP contribution in [0, 0.1) is 10.1 Å². The predicted octanol–water partition coefficient (Wildman–Crippen LogP) is 1.37. The van der Waals surface area contributed by atoms with Crippen molar-refractivity contribution in [2.45, 2.75) is 19.8 Å². The van der Waals surface area contributed by atoms with Crippen molar-refractivity contribution < 1.29 is 14.8 Å². The Morgan fingerprint density at radius 2 is 2.21 bits per heavy atom. The number of non-ortho nitro benzene ring substituents is 1. The third-order valence-electron chi connectivity index (χ3n) is 2.80. The van der Waals surface area contributed by atoms with Gasteiger partial charge in [0, 0.05) is 31.8 Å². The molecule has 6 heteroatoms. The molecule has 0 spiro atoms. The summed E-state index contributed by atoms with van der Waals surface area (Å²) in [6.07, 6.45) is 0.676. The Kier molecular flexibility index (Phi) is 5.95. The quantitative estimate of drug-likeness (QED) is 0.596. The molecule has 0 aromatic heterocycles. The molecule has 0 radical (unpaired) electrons. The van der Waals surface area contributed by atoms with Gasteiger partial charge in [0.2, 0.25) is 5.91 Å². The van der Waals surface area contributed by atoms with Gasteiger partial charge < -0.3 is 10.0 Å². The lowest BCUT2D eigenvalue weighted by atomic mass is 10.1. The Labute approximate surface area is 111 Å². The number of carbonyl (C=O) groups excluding carboxylic acids is 1. The number of carbonyl (C=O) groups is 1. The second-order valence-corrected chi connectivity index (χ2v) is 4.15. The fraction of sp³-hybridized carbons (Fsp3) is 0.462. The Balaban J connectivity index is 2.69. The molecule has 104 valence electrons. The standard InChI is InChI=1S/C13H18N2O4/c1-2-14(7-4-8-16)13(17)10-11-5-3-6-12(9-11)15(18)19/h3,5-6,9,16H,2,4,7-8,10H2,1H3. The lowest BCUT2D eigenvalue weighted by molar-refractivity contribution is -0.384. The highest BCUT2D eigenvalue weighted by molar-refractivity contribution is 5.78. The number of benzene rings is 1. The Morgan fingerprint density at radius 1 is 1.47 bits per heavy atom. The monoisotopic (exact) mass is 266 g/mol. The molecule has 1 rings (SSSR count). The first kappa shape index (κ1) is 15.1. The summed E-state index contributed by atoms with van der Waals surface area (Å²) in [5.41, 5.74) is 0.616. The number of aliphatic hydroxyl groups excluding tert-OH is 1. The first-order valence-electron chi connectivity index (χ1n) is 6.20. The maximum absolute atomic E-state index is 12.0. The molecule has 0 atom stereocenters. The van der Waals surface area contributed by atoms with Crippen LogP contribution in [-0.2, 0) is 11.2 Å². The van der Waals surface area contributed by atoms with Crippen LogP contribution < -0.4 is 0 Å². The van der Waals surface area contributed by atoms with Gasteiger partial charge in [0.1, 0.15) is 0 Å². The normalized spacial score (nSPS) is 10.2. The topological polar surface area (TPSA) is 83.7 Å². The van der Waals surface area contributed by atoms with E-state index in [0.717, 1.165) is 0 Å². The number of rotatable bonds is 7. The van der Waals surface area contributed by atoms with Gasteiger partial charge in [-0.2, -0.15) is 0 Å². The van der Waals surface area contributed by atoms with Crippen LogP contribution in [0.5, 0.6) is 0 Å². The molecule has 0 aliphatic carbocycles. The summed E-state index contributed by atoms with van der Waals surface area (Å²) in [7, 11) is 0. The molecule has 0 unspecified atom stereocenters. The lowest BCUT2D eigenvalue weighted by Gasteiger charge is -2.20. The summed E-state index contributed by atoms with van der Waals surface area (Å²) < 4.78 is 0. The van der Waals surface area contributed by atoms with Gasteiger partial charge >= 0.3 is 0 Å². The second kappa shape index (κ2) is 7.48. The highest BCUT2D eigenvalue weighted by Gasteiger charge is 2.13. The van der Waals surface area contributed by atoms with Crippen LogP contribution in [0.15, 0.2) is 24.3 Å². The minimum absolute atomic E-state index is 0.0105. The van der Waals surface area contributed by atoms with E-state index in [1.165, 1.54) is 12.1 Å². The van der Waals surface area contributed by atoms with Crippen molar-refractivity contribution in [3.05, 3.63) is 39.9 Å². The van der Waals surface area contributed by atoms with E-state index in [-0.39, 0.29) is 24.6 Å². The van der Waals surface area contributed by atoms with Crippen molar-refractivity contribution in [3.63, 3.8) is 0 Å². The number of nitrogens with zero attached hydrogens (tertiary/aromatic N) is 2. The summed E-state index contributed by atoms with van der Waals surface area (Å²) in [5, 5.41) is 19.4. The molecule has 1 N–H and O–H groups in total. The number of amides is 1. The molecule has 0 saturated heterocycles. The van der Waals surface area contributed by atoms with Crippen LogP contribution in [0.1, 0.15) is 18.9 Å². The van der Waals surface area contributed by atoms with Gasteiger partial charge in [-0.15, -0.1) is 0 Å². The molecule has 19 heavy (non-hydrogen) atoms. The van der Waals surface area contributed by atoms with Gasteiger partial charge in [0.15, 0.2) is 0 Å². The summed E-state index contributed by atoms with van der Waals surface area (Å²) in [5.74, 6) is -0.0866. The maximum Gasteiger partial charge on any atom is 0.269 e. The molecule has 0 aliphatic heterocycles. The Morgan fingerprint density at radius 3 is 2.79 bits per heavy atom. The summed E-state index contributed by atoms with van der Waals surface area (Å²) in [6.45, 7) is 2.97. The molecular formula is C13H18N2O4. The zero-order valence-corrected chi connectivity index (χ0v) is 10.9. The van der Waals surface area contributed by atoms with Crippen LogP contribution in [-0.4, -0.2) is 40.5 Å². The smallest absolute Gasteiger partial charge is 0.269 e. The van der Waals surface area contributed by atoms with E-state index in [2.05, 4.69) is 0 Å². The van der Waals surface area contributed by atoms with Crippen molar-refractivity contribution in [1.82, 2.24) is 4.90 Å². The largest absolute Gasteiger partial charge is 0.396 e. The van der Waals surface area contributed by atoms with Crippen LogP contribution in [0.4, 0.5) is 5.69 Å². The number of hydrogen-bond donors (Lipinski definition) is 1. The van der Waals surface area contributed by atoms with E-state index in [0.29, 0.717) is 25.1 Å². The molecule has 1 amide bonds. The first-order valence-corrected chi connectivity index (χ1v) is 6.20. The third kappa shape index (κ3) is 4.67. The van der Waals surface area contributed by atoms with Crippen molar-refractivity contribution in [3.8, 4) is 0 Å². The van der Waals surface area contributed by atoms with Crippen molar-refractivity contribution in [2.24, 2.45) is 0 Å². The van der Waals surface area contributed by atoms with E-state index < -0.39 is 4.92 Å². The lowest BCUT2D eigenvalue weighted by Crippen LogP contribution is -2.33. The Hall–Kier alpha value is -1.95. The van der Waals surface area contributed by atoms with E-state index in [9.17, 15) is 14.9 Å². The number of hydrogen-bond acceptors (Lipinski definition) is 4. The first-order chi connectivity index (χ1) is 9.08. The minimum atomic E-state index is -0.475. The van der Waals surface area contributed by atoms with E-state index in [4.69, 9.17) is 5.11 Å². The van der Waals surface area contributed by atoms with Gasteiger partial charge in [-0.3, -0.25) is 14.9 Å². The molecule has 0 heterocycles.